The minimum atomic E-state index is -0.931. The lowest BCUT2D eigenvalue weighted by Crippen LogP contribution is -2.06. The fourth-order valence-corrected chi connectivity index (χ4v) is 2.03. The first-order valence-electron chi connectivity index (χ1n) is 5.05. The van der Waals surface area contributed by atoms with Crippen molar-refractivity contribution in [3.63, 3.8) is 0 Å². The van der Waals surface area contributed by atoms with Crippen LogP contribution in [0.3, 0.4) is 0 Å². The van der Waals surface area contributed by atoms with Gasteiger partial charge >= 0.3 is 5.97 Å². The van der Waals surface area contributed by atoms with E-state index in [4.69, 9.17) is 5.11 Å². The van der Waals surface area contributed by atoms with Gasteiger partial charge in [0.25, 0.3) is 0 Å². The molecule has 1 aromatic rings. The number of aromatic nitrogens is 2. The first-order valence-corrected chi connectivity index (χ1v) is 5.05. The molecular weight excluding hydrogens is 180 g/mol. The number of imidazole rings is 1. The number of aromatic carboxylic acids is 1. The Balaban J connectivity index is 2.11. The van der Waals surface area contributed by atoms with Crippen LogP contribution in [0.4, 0.5) is 0 Å². The molecule has 0 amide bonds. The van der Waals surface area contributed by atoms with Gasteiger partial charge in [0.2, 0.25) is 0 Å². The van der Waals surface area contributed by atoms with E-state index in [2.05, 4.69) is 9.97 Å². The summed E-state index contributed by atoms with van der Waals surface area (Å²) < 4.78 is 0. The Morgan fingerprint density at radius 1 is 1.43 bits per heavy atom. The number of nitrogens with one attached hydrogen (secondary N) is 1. The standard InChI is InChI=1S/C10H14N2O2/c13-10(14)8-6-11-9(12-8)7-4-2-1-3-5-7/h6-7H,1-5H2,(H,11,12)(H,13,14). The molecule has 1 aliphatic rings. The Hall–Kier alpha value is -1.32. The van der Waals surface area contributed by atoms with Gasteiger partial charge < -0.3 is 10.1 Å². The Labute approximate surface area is 82.4 Å². The van der Waals surface area contributed by atoms with Crippen molar-refractivity contribution in [1.82, 2.24) is 9.97 Å². The highest BCUT2D eigenvalue weighted by Gasteiger charge is 2.19. The van der Waals surface area contributed by atoms with Crippen LogP contribution in [0.15, 0.2) is 6.20 Å². The van der Waals surface area contributed by atoms with Gasteiger partial charge in [-0.2, -0.15) is 0 Å². The van der Waals surface area contributed by atoms with Crippen molar-refractivity contribution >= 4 is 5.97 Å². The molecule has 1 aliphatic carbocycles. The van der Waals surface area contributed by atoms with Gasteiger partial charge in [-0.05, 0) is 12.8 Å². The van der Waals surface area contributed by atoms with Crippen molar-refractivity contribution in [1.29, 1.82) is 0 Å². The smallest absolute Gasteiger partial charge is 0.353 e. The van der Waals surface area contributed by atoms with Crippen molar-refractivity contribution < 1.29 is 9.90 Å². The third kappa shape index (κ3) is 1.78. The fourth-order valence-electron chi connectivity index (χ4n) is 2.03. The molecule has 0 unspecified atom stereocenters. The number of hydrogen-bond acceptors (Lipinski definition) is 2. The summed E-state index contributed by atoms with van der Waals surface area (Å²) in [6.07, 6.45) is 7.43. The lowest BCUT2D eigenvalue weighted by atomic mass is 9.89. The first-order chi connectivity index (χ1) is 6.77. The number of nitrogens with zero attached hydrogens (tertiary/aromatic N) is 1. The summed E-state index contributed by atoms with van der Waals surface area (Å²) >= 11 is 0. The fraction of sp³-hybridized carbons (Fsp3) is 0.600. The summed E-state index contributed by atoms with van der Waals surface area (Å²) in [5, 5.41) is 8.73. The third-order valence-electron chi connectivity index (χ3n) is 2.82. The Morgan fingerprint density at radius 2 is 2.14 bits per heavy atom. The summed E-state index contributed by atoms with van der Waals surface area (Å²) in [6.45, 7) is 0. The molecule has 0 radical (unpaired) electrons. The summed E-state index contributed by atoms with van der Waals surface area (Å²) in [5.41, 5.74) is 0.200. The molecule has 2 N–H and O–H groups in total. The van der Waals surface area contributed by atoms with Gasteiger partial charge in [-0.15, -0.1) is 0 Å². The molecule has 0 aromatic carbocycles. The van der Waals surface area contributed by atoms with Gasteiger partial charge in [0.05, 0.1) is 6.20 Å². The second kappa shape index (κ2) is 3.82. The van der Waals surface area contributed by atoms with E-state index in [1.54, 1.807) is 0 Å². The maximum atomic E-state index is 10.6. The van der Waals surface area contributed by atoms with Gasteiger partial charge in [-0.25, -0.2) is 9.78 Å². The monoisotopic (exact) mass is 194 g/mol. The van der Waals surface area contributed by atoms with E-state index in [0.717, 1.165) is 18.7 Å². The SMILES string of the molecule is O=C(O)c1cnc(C2CCCCC2)[nH]1. The summed E-state index contributed by atoms with van der Waals surface area (Å²) in [6, 6.07) is 0. The van der Waals surface area contributed by atoms with Crippen LogP contribution in [-0.2, 0) is 0 Å². The second-order valence-corrected chi connectivity index (χ2v) is 3.82. The number of rotatable bonds is 2. The zero-order valence-electron chi connectivity index (χ0n) is 7.99. The van der Waals surface area contributed by atoms with Gasteiger partial charge in [-0.3, -0.25) is 0 Å². The quantitative estimate of drug-likeness (QED) is 0.758. The molecule has 14 heavy (non-hydrogen) atoms. The number of aromatic amines is 1. The van der Waals surface area contributed by atoms with E-state index >= 15 is 0 Å². The highest BCUT2D eigenvalue weighted by molar-refractivity contribution is 5.85. The minimum absolute atomic E-state index is 0.200. The summed E-state index contributed by atoms with van der Waals surface area (Å²) in [7, 11) is 0. The predicted octanol–water partition coefficient (Wildman–Crippen LogP) is 2.16. The molecule has 0 spiro atoms. The van der Waals surface area contributed by atoms with Gasteiger partial charge in [0.1, 0.15) is 11.5 Å². The zero-order chi connectivity index (χ0) is 9.97. The topological polar surface area (TPSA) is 66.0 Å². The van der Waals surface area contributed by atoms with Crippen LogP contribution in [0, 0.1) is 0 Å². The van der Waals surface area contributed by atoms with Crippen LogP contribution in [-0.4, -0.2) is 21.0 Å². The molecule has 0 aliphatic heterocycles. The van der Waals surface area contributed by atoms with Gasteiger partial charge in [0.15, 0.2) is 0 Å². The van der Waals surface area contributed by atoms with Gasteiger partial charge in [0, 0.05) is 5.92 Å². The maximum absolute atomic E-state index is 10.6. The first kappa shape index (κ1) is 9.24. The molecule has 76 valence electrons. The van der Waals surface area contributed by atoms with Crippen LogP contribution < -0.4 is 0 Å². The second-order valence-electron chi connectivity index (χ2n) is 3.82. The van der Waals surface area contributed by atoms with E-state index in [9.17, 15) is 4.79 Å². The summed E-state index contributed by atoms with van der Waals surface area (Å²) in [4.78, 5) is 17.6. The number of hydrogen-bond donors (Lipinski definition) is 2. The van der Waals surface area contributed by atoms with E-state index in [1.165, 1.54) is 25.5 Å². The molecule has 4 heteroatoms. The van der Waals surface area contributed by atoms with E-state index in [1.807, 2.05) is 0 Å². The van der Waals surface area contributed by atoms with Crippen molar-refractivity contribution in [3.05, 3.63) is 17.7 Å². The maximum Gasteiger partial charge on any atom is 0.353 e. The molecule has 0 saturated heterocycles. The van der Waals surface area contributed by atoms with Gasteiger partial charge in [-0.1, -0.05) is 19.3 Å². The molecule has 1 saturated carbocycles. The molecule has 1 aromatic heterocycles. The molecule has 1 heterocycles. The third-order valence-corrected chi connectivity index (χ3v) is 2.82. The molecule has 4 nitrogen and oxygen atoms in total. The predicted molar refractivity (Wildman–Crippen MR) is 51.4 cm³/mol. The van der Waals surface area contributed by atoms with Crippen molar-refractivity contribution in [2.45, 2.75) is 38.0 Å². The lowest BCUT2D eigenvalue weighted by molar-refractivity contribution is 0.0691. The molecule has 0 atom stereocenters. The number of H-pyrrole nitrogens is 1. The Morgan fingerprint density at radius 3 is 2.71 bits per heavy atom. The summed E-state index contributed by atoms with van der Waals surface area (Å²) in [5.74, 6) is 0.360. The molecular formula is C10H14N2O2. The Bertz CT molecular complexity index is 327. The van der Waals surface area contributed by atoms with Crippen LogP contribution in [0.5, 0.6) is 0 Å². The average molecular weight is 194 g/mol. The largest absolute Gasteiger partial charge is 0.477 e. The lowest BCUT2D eigenvalue weighted by Gasteiger charge is -2.19. The molecule has 0 bridgehead atoms. The van der Waals surface area contributed by atoms with Crippen molar-refractivity contribution in [2.24, 2.45) is 0 Å². The highest BCUT2D eigenvalue weighted by Crippen LogP contribution is 2.30. The van der Waals surface area contributed by atoms with E-state index in [0.29, 0.717) is 5.92 Å². The Kier molecular flexibility index (Phi) is 2.52. The number of carboxylic acid groups (broad SMARTS) is 1. The van der Waals surface area contributed by atoms with Crippen LogP contribution >= 0.6 is 0 Å². The zero-order valence-corrected chi connectivity index (χ0v) is 7.99. The minimum Gasteiger partial charge on any atom is -0.477 e. The average Bonchev–Trinajstić information content (AvgIpc) is 2.68. The van der Waals surface area contributed by atoms with E-state index < -0.39 is 5.97 Å². The van der Waals surface area contributed by atoms with Crippen LogP contribution in [0.25, 0.3) is 0 Å². The molecule has 1 fully saturated rings. The number of carboxylic acids is 1. The number of carbonyl (C=O) groups is 1. The molecule has 2 rings (SSSR count). The van der Waals surface area contributed by atoms with Crippen molar-refractivity contribution in [3.8, 4) is 0 Å². The normalized spacial score (nSPS) is 18.3. The highest BCUT2D eigenvalue weighted by atomic mass is 16.4. The van der Waals surface area contributed by atoms with Crippen molar-refractivity contribution in [2.75, 3.05) is 0 Å². The van der Waals surface area contributed by atoms with Crippen LogP contribution in [0.1, 0.15) is 54.3 Å². The van der Waals surface area contributed by atoms with E-state index in [-0.39, 0.29) is 5.69 Å². The van der Waals surface area contributed by atoms with Crippen LogP contribution in [0.2, 0.25) is 0 Å².